The van der Waals surface area contributed by atoms with E-state index in [-0.39, 0.29) is 5.69 Å². The first-order valence-corrected chi connectivity index (χ1v) is 6.19. The molecular weight excluding hydrogens is 242 g/mol. The highest BCUT2D eigenvalue weighted by atomic mass is 16.5. The van der Waals surface area contributed by atoms with Crippen LogP contribution in [0.5, 0.6) is 5.75 Å². The van der Waals surface area contributed by atoms with Gasteiger partial charge in [0.25, 0.3) is 0 Å². The van der Waals surface area contributed by atoms with Crippen LogP contribution >= 0.6 is 0 Å². The van der Waals surface area contributed by atoms with Crippen LogP contribution in [0.1, 0.15) is 23.3 Å². The van der Waals surface area contributed by atoms with Gasteiger partial charge in [-0.25, -0.2) is 9.78 Å². The summed E-state index contributed by atoms with van der Waals surface area (Å²) in [5, 5.41) is 9.16. The molecule has 19 heavy (non-hydrogen) atoms. The number of aromatic nitrogens is 1. The number of hydrogen-bond acceptors (Lipinski definition) is 3. The molecule has 0 saturated heterocycles. The first-order chi connectivity index (χ1) is 9.24. The van der Waals surface area contributed by atoms with Gasteiger partial charge in [0, 0.05) is 11.8 Å². The Morgan fingerprint density at radius 3 is 2.84 bits per heavy atom. The van der Waals surface area contributed by atoms with E-state index in [1.54, 1.807) is 12.1 Å². The number of carboxylic acid groups (broad SMARTS) is 1. The summed E-state index contributed by atoms with van der Waals surface area (Å²) in [5.41, 5.74) is 1.48. The second-order valence-corrected chi connectivity index (χ2v) is 4.55. The van der Waals surface area contributed by atoms with Gasteiger partial charge in [0.1, 0.15) is 5.75 Å². The van der Waals surface area contributed by atoms with Crippen molar-refractivity contribution in [1.82, 2.24) is 4.98 Å². The molecular formula is C15H13NO3. The Hall–Kier alpha value is -2.36. The topological polar surface area (TPSA) is 59.4 Å². The lowest BCUT2D eigenvalue weighted by molar-refractivity contribution is 0.0691. The smallest absolute Gasteiger partial charge is 0.355 e. The summed E-state index contributed by atoms with van der Waals surface area (Å²) in [6.45, 7) is 0. The number of ether oxygens (including phenoxy) is 1. The fraction of sp³-hybridized carbons (Fsp3) is 0.200. The lowest BCUT2D eigenvalue weighted by Crippen LogP contribution is -2.02. The SMILES string of the molecule is O=C(O)c1ncccc1-c1cccc(OC2CC2)c1. The van der Waals surface area contributed by atoms with Crippen molar-refractivity contribution in [2.75, 3.05) is 0 Å². The number of carboxylic acids is 1. The molecule has 1 fully saturated rings. The molecule has 1 aromatic carbocycles. The maximum Gasteiger partial charge on any atom is 0.355 e. The summed E-state index contributed by atoms with van der Waals surface area (Å²) < 4.78 is 5.72. The molecule has 0 unspecified atom stereocenters. The van der Waals surface area contributed by atoms with E-state index in [2.05, 4.69) is 4.98 Å². The van der Waals surface area contributed by atoms with Crippen molar-refractivity contribution in [2.45, 2.75) is 18.9 Å². The molecule has 1 heterocycles. The van der Waals surface area contributed by atoms with Gasteiger partial charge in [-0.05, 0) is 36.6 Å². The molecule has 0 aliphatic heterocycles. The maximum atomic E-state index is 11.2. The van der Waals surface area contributed by atoms with E-state index in [0.717, 1.165) is 24.2 Å². The first kappa shape index (κ1) is 11.7. The molecule has 4 heteroatoms. The van der Waals surface area contributed by atoms with E-state index in [0.29, 0.717) is 11.7 Å². The van der Waals surface area contributed by atoms with E-state index in [9.17, 15) is 4.79 Å². The Kier molecular flexibility index (Phi) is 2.91. The summed E-state index contributed by atoms with van der Waals surface area (Å²) in [5.74, 6) is -0.246. The van der Waals surface area contributed by atoms with Gasteiger partial charge in [-0.1, -0.05) is 18.2 Å². The summed E-state index contributed by atoms with van der Waals surface area (Å²) >= 11 is 0. The highest BCUT2D eigenvalue weighted by Crippen LogP contribution is 2.30. The zero-order valence-corrected chi connectivity index (χ0v) is 10.2. The minimum absolute atomic E-state index is 0.0612. The molecule has 0 bridgehead atoms. The van der Waals surface area contributed by atoms with Crippen LogP contribution in [0.4, 0.5) is 0 Å². The van der Waals surface area contributed by atoms with E-state index in [1.165, 1.54) is 6.20 Å². The Labute approximate surface area is 110 Å². The third kappa shape index (κ3) is 2.57. The Balaban J connectivity index is 1.99. The van der Waals surface area contributed by atoms with Crippen LogP contribution in [0.15, 0.2) is 42.6 Å². The third-order valence-corrected chi connectivity index (χ3v) is 2.98. The summed E-state index contributed by atoms with van der Waals surface area (Å²) in [4.78, 5) is 15.1. The fourth-order valence-electron chi connectivity index (χ4n) is 1.92. The van der Waals surface area contributed by atoms with Gasteiger partial charge >= 0.3 is 5.97 Å². The van der Waals surface area contributed by atoms with Gasteiger partial charge in [-0.15, -0.1) is 0 Å². The van der Waals surface area contributed by atoms with E-state index in [4.69, 9.17) is 9.84 Å². The van der Waals surface area contributed by atoms with Crippen molar-refractivity contribution < 1.29 is 14.6 Å². The van der Waals surface area contributed by atoms with Crippen LogP contribution in [0.25, 0.3) is 11.1 Å². The standard InChI is InChI=1S/C15H13NO3/c17-15(18)14-13(5-2-8-16-14)10-3-1-4-12(9-10)19-11-6-7-11/h1-5,8-9,11H,6-7H2,(H,17,18). The van der Waals surface area contributed by atoms with Crippen LogP contribution in [0.2, 0.25) is 0 Å². The monoisotopic (exact) mass is 255 g/mol. The number of pyridine rings is 1. The average molecular weight is 255 g/mol. The Morgan fingerprint density at radius 1 is 1.26 bits per heavy atom. The van der Waals surface area contributed by atoms with Crippen molar-refractivity contribution in [3.05, 3.63) is 48.3 Å². The van der Waals surface area contributed by atoms with Crippen molar-refractivity contribution in [1.29, 1.82) is 0 Å². The lowest BCUT2D eigenvalue weighted by Gasteiger charge is -2.08. The molecule has 0 spiro atoms. The molecule has 1 N–H and O–H groups in total. The number of benzene rings is 1. The molecule has 0 amide bonds. The van der Waals surface area contributed by atoms with Crippen LogP contribution in [0, 0.1) is 0 Å². The second kappa shape index (κ2) is 4.72. The minimum Gasteiger partial charge on any atom is -0.490 e. The van der Waals surface area contributed by atoms with Crippen molar-refractivity contribution in [2.24, 2.45) is 0 Å². The number of hydrogen-bond donors (Lipinski definition) is 1. The van der Waals surface area contributed by atoms with Gasteiger partial charge in [-0.3, -0.25) is 0 Å². The van der Waals surface area contributed by atoms with Crippen molar-refractivity contribution in [3.63, 3.8) is 0 Å². The molecule has 1 saturated carbocycles. The molecule has 4 nitrogen and oxygen atoms in total. The van der Waals surface area contributed by atoms with E-state index in [1.807, 2.05) is 24.3 Å². The Morgan fingerprint density at radius 2 is 2.11 bits per heavy atom. The number of rotatable bonds is 4. The minimum atomic E-state index is -1.02. The fourth-order valence-corrected chi connectivity index (χ4v) is 1.92. The van der Waals surface area contributed by atoms with Crippen molar-refractivity contribution >= 4 is 5.97 Å². The highest BCUT2D eigenvalue weighted by Gasteiger charge is 2.23. The van der Waals surface area contributed by atoms with Gasteiger partial charge in [0.15, 0.2) is 5.69 Å². The molecule has 3 rings (SSSR count). The summed E-state index contributed by atoms with van der Waals surface area (Å²) in [6.07, 6.45) is 4.00. The summed E-state index contributed by atoms with van der Waals surface area (Å²) in [7, 11) is 0. The quantitative estimate of drug-likeness (QED) is 0.912. The molecule has 1 aromatic heterocycles. The number of nitrogens with zero attached hydrogens (tertiary/aromatic N) is 1. The highest BCUT2D eigenvalue weighted by molar-refractivity contribution is 5.93. The Bertz CT molecular complexity index is 620. The normalized spacial score (nSPS) is 14.1. The zero-order valence-electron chi connectivity index (χ0n) is 10.2. The lowest BCUT2D eigenvalue weighted by atomic mass is 10.0. The predicted molar refractivity (Wildman–Crippen MR) is 70.3 cm³/mol. The molecule has 0 radical (unpaired) electrons. The van der Waals surface area contributed by atoms with Gasteiger partial charge in [0.05, 0.1) is 6.10 Å². The summed E-state index contributed by atoms with van der Waals surface area (Å²) in [6, 6.07) is 11.0. The zero-order chi connectivity index (χ0) is 13.2. The van der Waals surface area contributed by atoms with Crippen molar-refractivity contribution in [3.8, 4) is 16.9 Å². The van der Waals surface area contributed by atoms with Crippen LogP contribution < -0.4 is 4.74 Å². The maximum absolute atomic E-state index is 11.2. The molecule has 1 aliphatic rings. The molecule has 2 aromatic rings. The molecule has 96 valence electrons. The van der Waals surface area contributed by atoms with Crippen LogP contribution in [-0.4, -0.2) is 22.2 Å². The van der Waals surface area contributed by atoms with Gasteiger partial charge in [-0.2, -0.15) is 0 Å². The third-order valence-electron chi connectivity index (χ3n) is 2.98. The van der Waals surface area contributed by atoms with Gasteiger partial charge in [0.2, 0.25) is 0 Å². The van der Waals surface area contributed by atoms with E-state index >= 15 is 0 Å². The number of carbonyl (C=O) groups is 1. The largest absolute Gasteiger partial charge is 0.490 e. The van der Waals surface area contributed by atoms with Crippen LogP contribution in [-0.2, 0) is 0 Å². The average Bonchev–Trinajstić information content (AvgIpc) is 3.23. The second-order valence-electron chi connectivity index (χ2n) is 4.55. The molecule has 0 atom stereocenters. The molecule has 1 aliphatic carbocycles. The van der Waals surface area contributed by atoms with Crippen LogP contribution in [0.3, 0.4) is 0 Å². The first-order valence-electron chi connectivity index (χ1n) is 6.19. The predicted octanol–water partition coefficient (Wildman–Crippen LogP) is 2.99. The van der Waals surface area contributed by atoms with Gasteiger partial charge < -0.3 is 9.84 Å². The van der Waals surface area contributed by atoms with E-state index < -0.39 is 5.97 Å². The number of aromatic carboxylic acids is 1.